The number of hydrogen-bond donors (Lipinski definition) is 1. The molecule has 0 bridgehead atoms. The Morgan fingerprint density at radius 2 is 2.05 bits per heavy atom. The van der Waals surface area contributed by atoms with Crippen molar-refractivity contribution in [2.75, 3.05) is 0 Å². The molecule has 0 radical (unpaired) electrons. The van der Waals surface area contributed by atoms with Crippen LogP contribution in [-0.2, 0) is 0 Å². The fourth-order valence-corrected chi connectivity index (χ4v) is 2.94. The number of rotatable bonds is 4. The molecule has 2 heterocycles. The van der Waals surface area contributed by atoms with Gasteiger partial charge in [-0.15, -0.1) is 0 Å². The molecule has 0 aromatic carbocycles. The number of aromatic nitrogens is 2. The smallest absolute Gasteiger partial charge is 0.268 e. The molecule has 5 nitrogen and oxygen atoms in total. The zero-order valence-corrected chi connectivity index (χ0v) is 14.5. The van der Waals surface area contributed by atoms with Crippen molar-refractivity contribution in [2.24, 2.45) is 0 Å². The molecule has 2 aromatic rings. The second-order valence-corrected chi connectivity index (χ2v) is 6.39. The number of nitrogens with one attached hydrogen (secondary N) is 1. The largest absolute Gasteiger partial charge is 0.361 e. The van der Waals surface area contributed by atoms with Gasteiger partial charge in [0.25, 0.3) is 5.91 Å². The highest BCUT2D eigenvalue weighted by atomic mass is 79.9. The Morgan fingerprint density at radius 3 is 2.57 bits per heavy atom. The summed E-state index contributed by atoms with van der Waals surface area (Å²) in [5.74, 6) is 0.627. The van der Waals surface area contributed by atoms with Crippen molar-refractivity contribution in [3.05, 3.63) is 39.4 Å². The van der Waals surface area contributed by atoms with Gasteiger partial charge in [0.2, 0.25) is 0 Å². The van der Waals surface area contributed by atoms with Crippen LogP contribution in [0.25, 0.3) is 0 Å². The van der Waals surface area contributed by atoms with Gasteiger partial charge in [0.1, 0.15) is 11.5 Å². The van der Waals surface area contributed by atoms with Gasteiger partial charge in [-0.2, -0.15) is 0 Å². The standard InChI is InChI=1S/C15H20BrN3O2/c1-8(2)19-7-12(16)6-13(19)15(20)17-9(3)14-10(4)18-21-11(14)5/h6-9H,1-5H3,(H,17,20). The lowest BCUT2D eigenvalue weighted by molar-refractivity contribution is 0.0929. The molecule has 0 aliphatic rings. The number of nitrogens with zero attached hydrogens (tertiary/aromatic N) is 2. The first kappa shape index (κ1) is 15.8. The molecule has 0 saturated carbocycles. The summed E-state index contributed by atoms with van der Waals surface area (Å²) in [6.07, 6.45) is 1.92. The van der Waals surface area contributed by atoms with E-state index in [2.05, 4.69) is 26.4 Å². The fourth-order valence-electron chi connectivity index (χ4n) is 2.51. The van der Waals surface area contributed by atoms with E-state index in [-0.39, 0.29) is 18.0 Å². The van der Waals surface area contributed by atoms with E-state index >= 15 is 0 Å². The number of amides is 1. The van der Waals surface area contributed by atoms with Gasteiger partial charge >= 0.3 is 0 Å². The first-order valence-corrected chi connectivity index (χ1v) is 7.71. The minimum atomic E-state index is -0.155. The molecule has 1 N–H and O–H groups in total. The molecule has 2 aromatic heterocycles. The predicted octanol–water partition coefficient (Wildman–Crippen LogP) is 3.93. The van der Waals surface area contributed by atoms with E-state index in [4.69, 9.17) is 4.52 Å². The average molecular weight is 354 g/mol. The van der Waals surface area contributed by atoms with Gasteiger partial charge in [-0.05, 0) is 56.6 Å². The van der Waals surface area contributed by atoms with Crippen LogP contribution in [0.4, 0.5) is 0 Å². The van der Waals surface area contributed by atoms with Gasteiger partial charge in [-0.1, -0.05) is 5.16 Å². The molecule has 1 atom stereocenters. The number of halogens is 1. The Bertz CT molecular complexity index is 638. The third-order valence-electron chi connectivity index (χ3n) is 3.47. The van der Waals surface area contributed by atoms with Crippen molar-refractivity contribution in [1.29, 1.82) is 0 Å². The van der Waals surface area contributed by atoms with Gasteiger partial charge in [0.05, 0.1) is 11.7 Å². The highest BCUT2D eigenvalue weighted by Crippen LogP contribution is 2.23. The molecular formula is C15H20BrN3O2. The molecule has 0 fully saturated rings. The Kier molecular flexibility index (Phi) is 4.56. The minimum Gasteiger partial charge on any atom is -0.361 e. The van der Waals surface area contributed by atoms with Crippen molar-refractivity contribution < 1.29 is 9.32 Å². The van der Waals surface area contributed by atoms with Crippen molar-refractivity contribution in [1.82, 2.24) is 15.0 Å². The maximum atomic E-state index is 12.5. The van der Waals surface area contributed by atoms with Crippen LogP contribution in [0.15, 0.2) is 21.3 Å². The number of carbonyl (C=O) groups is 1. The highest BCUT2D eigenvalue weighted by Gasteiger charge is 2.21. The lowest BCUT2D eigenvalue weighted by Crippen LogP contribution is -2.29. The zero-order valence-electron chi connectivity index (χ0n) is 12.9. The van der Waals surface area contributed by atoms with Crippen molar-refractivity contribution in [3.8, 4) is 0 Å². The van der Waals surface area contributed by atoms with Gasteiger partial charge in [-0.25, -0.2) is 0 Å². The van der Waals surface area contributed by atoms with Gasteiger partial charge in [0, 0.05) is 22.3 Å². The molecule has 0 saturated heterocycles. The van der Waals surface area contributed by atoms with Crippen LogP contribution in [-0.4, -0.2) is 15.6 Å². The topological polar surface area (TPSA) is 60.1 Å². The summed E-state index contributed by atoms with van der Waals surface area (Å²) in [5, 5.41) is 6.94. The summed E-state index contributed by atoms with van der Waals surface area (Å²) in [5.41, 5.74) is 2.38. The van der Waals surface area contributed by atoms with Crippen molar-refractivity contribution in [2.45, 2.75) is 46.7 Å². The van der Waals surface area contributed by atoms with Crippen LogP contribution in [0, 0.1) is 13.8 Å². The lowest BCUT2D eigenvalue weighted by Gasteiger charge is -2.16. The first-order chi connectivity index (χ1) is 9.81. The zero-order chi connectivity index (χ0) is 15.7. The number of aryl methyl sites for hydroxylation is 2. The summed E-state index contributed by atoms with van der Waals surface area (Å²) in [4.78, 5) is 12.5. The monoisotopic (exact) mass is 353 g/mol. The molecule has 0 aliphatic heterocycles. The molecule has 6 heteroatoms. The third kappa shape index (κ3) is 3.20. The summed E-state index contributed by atoms with van der Waals surface area (Å²) in [7, 11) is 0. The molecule has 0 aliphatic carbocycles. The van der Waals surface area contributed by atoms with E-state index < -0.39 is 0 Å². The van der Waals surface area contributed by atoms with Crippen molar-refractivity contribution >= 4 is 21.8 Å². The van der Waals surface area contributed by atoms with Crippen LogP contribution in [0.5, 0.6) is 0 Å². The maximum Gasteiger partial charge on any atom is 0.268 e. The van der Waals surface area contributed by atoms with Crippen LogP contribution in [0.3, 0.4) is 0 Å². The minimum absolute atomic E-state index is 0.109. The first-order valence-electron chi connectivity index (χ1n) is 6.92. The summed E-state index contributed by atoms with van der Waals surface area (Å²) in [6, 6.07) is 1.89. The van der Waals surface area contributed by atoms with E-state index in [1.807, 2.05) is 51.4 Å². The van der Waals surface area contributed by atoms with Crippen LogP contribution >= 0.6 is 15.9 Å². The predicted molar refractivity (Wildman–Crippen MR) is 84.4 cm³/mol. The fraction of sp³-hybridized carbons (Fsp3) is 0.467. The second-order valence-electron chi connectivity index (χ2n) is 5.48. The normalized spacial score (nSPS) is 12.7. The van der Waals surface area contributed by atoms with E-state index in [0.29, 0.717) is 5.69 Å². The average Bonchev–Trinajstić information content (AvgIpc) is 2.93. The molecule has 21 heavy (non-hydrogen) atoms. The summed E-state index contributed by atoms with van der Waals surface area (Å²) < 4.78 is 7.99. The van der Waals surface area contributed by atoms with E-state index in [1.54, 1.807) is 0 Å². The number of hydrogen-bond acceptors (Lipinski definition) is 3. The molecular weight excluding hydrogens is 334 g/mol. The van der Waals surface area contributed by atoms with E-state index in [9.17, 15) is 4.79 Å². The Labute approximate surface area is 132 Å². The van der Waals surface area contributed by atoms with Gasteiger partial charge in [-0.3, -0.25) is 4.79 Å². The Hall–Kier alpha value is -1.56. The van der Waals surface area contributed by atoms with Gasteiger partial charge in [0.15, 0.2) is 0 Å². The molecule has 1 amide bonds. The summed E-state index contributed by atoms with van der Waals surface area (Å²) >= 11 is 3.42. The van der Waals surface area contributed by atoms with Crippen LogP contribution in [0.1, 0.15) is 60.4 Å². The van der Waals surface area contributed by atoms with Crippen LogP contribution < -0.4 is 5.32 Å². The van der Waals surface area contributed by atoms with E-state index in [1.165, 1.54) is 0 Å². The summed E-state index contributed by atoms with van der Waals surface area (Å²) in [6.45, 7) is 9.75. The third-order valence-corrected chi connectivity index (χ3v) is 3.91. The Balaban J connectivity index is 2.22. The molecule has 0 spiro atoms. The second kappa shape index (κ2) is 6.05. The molecule has 114 valence electrons. The lowest BCUT2D eigenvalue weighted by atomic mass is 10.1. The maximum absolute atomic E-state index is 12.5. The quantitative estimate of drug-likeness (QED) is 0.905. The highest BCUT2D eigenvalue weighted by molar-refractivity contribution is 9.10. The van der Waals surface area contributed by atoms with Gasteiger partial charge < -0.3 is 14.4 Å². The van der Waals surface area contributed by atoms with Crippen LogP contribution in [0.2, 0.25) is 0 Å². The SMILES string of the molecule is Cc1noc(C)c1C(C)NC(=O)c1cc(Br)cn1C(C)C. The molecule has 1 unspecified atom stereocenters. The Morgan fingerprint density at radius 1 is 1.38 bits per heavy atom. The van der Waals surface area contributed by atoms with Crippen molar-refractivity contribution in [3.63, 3.8) is 0 Å². The number of carbonyl (C=O) groups excluding carboxylic acids is 1. The van der Waals surface area contributed by atoms with E-state index in [0.717, 1.165) is 21.5 Å². The molecule has 2 rings (SSSR count).